The van der Waals surface area contributed by atoms with E-state index in [0.29, 0.717) is 35.1 Å². The summed E-state index contributed by atoms with van der Waals surface area (Å²) >= 11 is 1.24. The number of fused-ring (bicyclic) bond motifs is 1. The van der Waals surface area contributed by atoms with E-state index < -0.39 is 15.8 Å². The van der Waals surface area contributed by atoms with E-state index in [2.05, 4.69) is 4.98 Å². The van der Waals surface area contributed by atoms with Gasteiger partial charge in [0.05, 0.1) is 15.7 Å². The Kier molecular flexibility index (Phi) is 9.42. The van der Waals surface area contributed by atoms with Gasteiger partial charge in [0, 0.05) is 38.9 Å². The van der Waals surface area contributed by atoms with Gasteiger partial charge in [-0.3, -0.25) is 9.69 Å². The average molecular weight is 557 g/mol. The number of ether oxygens (including phenoxy) is 1. The smallest absolute Gasteiger partial charge is 0.260 e. The van der Waals surface area contributed by atoms with Crippen LogP contribution < -0.4 is 4.90 Å². The van der Waals surface area contributed by atoms with Crippen LogP contribution >= 0.6 is 23.7 Å². The van der Waals surface area contributed by atoms with Crippen LogP contribution in [0.4, 0.5) is 9.52 Å². The molecular weight excluding hydrogens is 527 g/mol. The summed E-state index contributed by atoms with van der Waals surface area (Å²) in [6.07, 6.45) is 1.67. The quantitative estimate of drug-likeness (QED) is 0.398. The van der Waals surface area contributed by atoms with Crippen LogP contribution in [0.3, 0.4) is 0 Å². The number of sulfonamides is 1. The van der Waals surface area contributed by atoms with Crippen molar-refractivity contribution in [2.45, 2.75) is 23.8 Å². The van der Waals surface area contributed by atoms with Crippen molar-refractivity contribution in [2.75, 3.05) is 52.3 Å². The molecule has 1 aliphatic rings. The van der Waals surface area contributed by atoms with E-state index in [4.69, 9.17) is 4.74 Å². The molecule has 0 radical (unpaired) electrons. The van der Waals surface area contributed by atoms with Crippen LogP contribution in [0, 0.1) is 5.82 Å². The number of thiazole rings is 1. The number of carbonyl (C=O) groups excluding carboxylic acids is 1. The highest BCUT2D eigenvalue weighted by Crippen LogP contribution is 2.31. The number of halogens is 2. The van der Waals surface area contributed by atoms with Crippen LogP contribution in [0.1, 0.15) is 23.2 Å². The Balaban J connectivity index is 0.00000361. The van der Waals surface area contributed by atoms with Gasteiger partial charge in [0.2, 0.25) is 10.0 Å². The largest absolute Gasteiger partial charge is 0.377 e. The number of hydrogen-bond acceptors (Lipinski definition) is 7. The minimum Gasteiger partial charge on any atom is -0.377 e. The molecule has 12 heteroatoms. The Bertz CT molecular complexity index is 1300. The maximum atomic E-state index is 14.2. The monoisotopic (exact) mass is 556 g/mol. The minimum absolute atomic E-state index is 0. The molecule has 0 bridgehead atoms. The lowest BCUT2D eigenvalue weighted by Gasteiger charge is -2.22. The molecule has 36 heavy (non-hydrogen) atoms. The molecule has 8 nitrogen and oxygen atoms in total. The van der Waals surface area contributed by atoms with Crippen molar-refractivity contribution >= 4 is 55.0 Å². The summed E-state index contributed by atoms with van der Waals surface area (Å²) in [6.45, 7) is 1.86. The van der Waals surface area contributed by atoms with E-state index in [0.717, 1.165) is 12.8 Å². The topological polar surface area (TPSA) is 83.1 Å². The number of hydrogen-bond donors (Lipinski definition) is 0. The van der Waals surface area contributed by atoms with Crippen LogP contribution in [0.2, 0.25) is 0 Å². The van der Waals surface area contributed by atoms with Crippen molar-refractivity contribution in [3.8, 4) is 0 Å². The number of carbonyl (C=O) groups is 1. The average Bonchev–Trinajstić information content (AvgIpc) is 3.49. The Morgan fingerprint density at radius 3 is 2.47 bits per heavy atom. The summed E-state index contributed by atoms with van der Waals surface area (Å²) in [5.41, 5.74) is 0.551. The van der Waals surface area contributed by atoms with Gasteiger partial charge in [0.1, 0.15) is 11.3 Å². The van der Waals surface area contributed by atoms with Crippen LogP contribution in [0.15, 0.2) is 47.4 Å². The second-order valence-electron chi connectivity index (χ2n) is 8.79. The number of likely N-dealkylation sites (N-methyl/N-ethyl adjacent to an activating group) is 2. The molecule has 1 amide bonds. The Hall–Kier alpha value is -2.15. The number of benzene rings is 2. The first kappa shape index (κ1) is 28.4. The second-order valence-corrected chi connectivity index (χ2v) is 11.8. The Morgan fingerprint density at radius 2 is 1.86 bits per heavy atom. The molecule has 1 saturated heterocycles. The highest BCUT2D eigenvalue weighted by molar-refractivity contribution is 7.89. The first-order chi connectivity index (χ1) is 16.7. The molecule has 1 unspecified atom stereocenters. The summed E-state index contributed by atoms with van der Waals surface area (Å²) in [6, 6.07) is 10.6. The fourth-order valence-electron chi connectivity index (χ4n) is 3.88. The molecule has 0 aliphatic carbocycles. The van der Waals surface area contributed by atoms with Crippen molar-refractivity contribution in [1.29, 1.82) is 0 Å². The third-order valence-corrected chi connectivity index (χ3v) is 8.78. The highest BCUT2D eigenvalue weighted by atomic mass is 35.5. The molecule has 196 valence electrons. The van der Waals surface area contributed by atoms with Gasteiger partial charge in [-0.1, -0.05) is 17.4 Å². The summed E-state index contributed by atoms with van der Waals surface area (Å²) in [7, 11) is 1.61. The molecule has 2 heterocycles. The maximum Gasteiger partial charge on any atom is 0.260 e. The van der Waals surface area contributed by atoms with Gasteiger partial charge in [-0.15, -0.1) is 12.4 Å². The molecule has 1 aliphatic heterocycles. The van der Waals surface area contributed by atoms with E-state index in [9.17, 15) is 17.6 Å². The lowest BCUT2D eigenvalue weighted by atomic mass is 10.2. The van der Waals surface area contributed by atoms with Crippen LogP contribution in [0.5, 0.6) is 0 Å². The third-order valence-electron chi connectivity index (χ3n) is 5.90. The van der Waals surface area contributed by atoms with Gasteiger partial charge in [-0.2, -0.15) is 4.31 Å². The zero-order valence-electron chi connectivity index (χ0n) is 20.4. The molecule has 0 spiro atoms. The van der Waals surface area contributed by atoms with Crippen molar-refractivity contribution < 1.29 is 22.3 Å². The van der Waals surface area contributed by atoms with Crippen molar-refractivity contribution in [2.24, 2.45) is 0 Å². The van der Waals surface area contributed by atoms with Gasteiger partial charge in [0.25, 0.3) is 5.91 Å². The maximum absolute atomic E-state index is 14.2. The third kappa shape index (κ3) is 6.21. The van der Waals surface area contributed by atoms with Crippen LogP contribution in [-0.2, 0) is 14.8 Å². The first-order valence-corrected chi connectivity index (χ1v) is 13.6. The van der Waals surface area contributed by atoms with Crippen molar-refractivity contribution in [3.05, 3.63) is 53.8 Å². The molecule has 1 fully saturated rings. The predicted molar refractivity (Wildman–Crippen MR) is 142 cm³/mol. The second kappa shape index (κ2) is 11.9. The lowest BCUT2D eigenvalue weighted by molar-refractivity contribution is 0.0978. The summed E-state index contributed by atoms with van der Waals surface area (Å²) < 4.78 is 47.7. The number of anilines is 1. The zero-order chi connectivity index (χ0) is 25.2. The van der Waals surface area contributed by atoms with Crippen LogP contribution in [-0.4, -0.2) is 82.0 Å². The molecule has 2 aromatic carbocycles. The summed E-state index contributed by atoms with van der Waals surface area (Å²) in [5, 5.41) is 0.393. The standard InChI is InChI=1S/C24H29FN4O4S2.ClH/c1-27(2)13-14-29(24-26-22-20(25)7-4-8-21(22)34-24)23(30)17-9-11-19(12-10-17)35(31,32)28(3)16-18-6-5-15-33-18;/h4,7-12,18H,5-6,13-16H2,1-3H3;1H. The fourth-order valence-corrected chi connectivity index (χ4v) is 6.09. The predicted octanol–water partition coefficient (Wildman–Crippen LogP) is 3.87. The highest BCUT2D eigenvalue weighted by Gasteiger charge is 2.27. The van der Waals surface area contributed by atoms with E-state index in [1.807, 2.05) is 19.0 Å². The molecule has 3 aromatic rings. The number of para-hydroxylation sites is 1. The number of amides is 1. The van der Waals surface area contributed by atoms with Crippen molar-refractivity contribution in [3.63, 3.8) is 0 Å². The summed E-state index contributed by atoms with van der Waals surface area (Å²) in [4.78, 5) is 21.4. The van der Waals surface area contributed by atoms with E-state index in [1.54, 1.807) is 12.1 Å². The van der Waals surface area contributed by atoms with Gasteiger partial charge >= 0.3 is 0 Å². The number of nitrogens with zero attached hydrogens (tertiary/aromatic N) is 4. The number of aromatic nitrogens is 1. The van der Waals surface area contributed by atoms with E-state index >= 15 is 0 Å². The van der Waals surface area contributed by atoms with Gasteiger partial charge in [0.15, 0.2) is 5.13 Å². The van der Waals surface area contributed by atoms with Gasteiger partial charge in [-0.25, -0.2) is 17.8 Å². The SMILES string of the molecule is CN(C)CCN(C(=O)c1ccc(S(=O)(=O)N(C)CC2CCCO2)cc1)c1nc2c(F)cccc2s1.Cl. The molecule has 0 saturated carbocycles. The van der Waals surface area contributed by atoms with Crippen LogP contribution in [0.25, 0.3) is 10.2 Å². The van der Waals surface area contributed by atoms with Crippen molar-refractivity contribution in [1.82, 2.24) is 14.2 Å². The molecule has 1 atom stereocenters. The minimum atomic E-state index is -3.72. The van der Waals surface area contributed by atoms with E-state index in [1.165, 1.54) is 57.9 Å². The summed E-state index contributed by atoms with van der Waals surface area (Å²) in [5.74, 6) is -0.769. The molecule has 4 rings (SSSR count). The molecule has 0 N–H and O–H groups in total. The molecular formula is C24H30ClFN4O4S2. The first-order valence-electron chi connectivity index (χ1n) is 11.4. The number of rotatable bonds is 9. The Morgan fingerprint density at radius 1 is 1.14 bits per heavy atom. The van der Waals surface area contributed by atoms with E-state index in [-0.39, 0.29) is 41.4 Å². The zero-order valence-corrected chi connectivity index (χ0v) is 22.8. The normalized spacial score (nSPS) is 16.0. The van der Waals surface area contributed by atoms with Gasteiger partial charge < -0.3 is 9.64 Å². The fraction of sp³-hybridized carbons (Fsp3) is 0.417. The Labute approximate surface area is 221 Å². The van der Waals surface area contributed by atoms with Gasteiger partial charge in [-0.05, 0) is 63.3 Å². The lowest BCUT2D eigenvalue weighted by Crippen LogP contribution is -2.37. The molecule has 1 aromatic heterocycles.